The zero-order valence-corrected chi connectivity index (χ0v) is 16.2. The van der Waals surface area contributed by atoms with E-state index in [1.165, 1.54) is 15.6 Å². The molecule has 1 saturated heterocycles. The highest BCUT2D eigenvalue weighted by Crippen LogP contribution is 2.23. The van der Waals surface area contributed by atoms with Gasteiger partial charge in [0.25, 0.3) is 5.91 Å². The summed E-state index contributed by atoms with van der Waals surface area (Å²) in [6.07, 6.45) is 0. The van der Waals surface area contributed by atoms with Crippen molar-refractivity contribution in [3.63, 3.8) is 0 Å². The maximum atomic E-state index is 12.8. The van der Waals surface area contributed by atoms with Crippen molar-refractivity contribution in [2.75, 3.05) is 26.2 Å². The Morgan fingerprint density at radius 1 is 1.08 bits per heavy atom. The second-order valence-corrected chi connectivity index (χ2v) is 9.22. The molecule has 0 bridgehead atoms. The fourth-order valence-corrected chi connectivity index (χ4v) is 5.53. The zero-order chi connectivity index (χ0) is 18.2. The van der Waals surface area contributed by atoms with Gasteiger partial charge in [0.2, 0.25) is 10.0 Å². The Hall–Kier alpha value is -1.77. The maximum absolute atomic E-state index is 12.8. The second kappa shape index (κ2) is 6.86. The van der Waals surface area contributed by atoms with Crippen LogP contribution in [0.2, 0.25) is 0 Å². The van der Waals surface area contributed by atoms with Gasteiger partial charge < -0.3 is 4.90 Å². The topological polar surface area (TPSA) is 70.6 Å². The molecule has 8 heteroatoms. The standard InChI is InChI=1S/C17H21N3O3S2/c1-12-6-4-5-7-15(12)25(22,23)20-10-8-19(9-11-20)17(21)16-13(2)18-14(3)24-16/h4-7H,8-11H2,1-3H3. The molecule has 0 N–H and O–H groups in total. The van der Waals surface area contributed by atoms with Crippen LogP contribution >= 0.6 is 11.3 Å². The number of hydrogen-bond acceptors (Lipinski definition) is 5. The van der Waals surface area contributed by atoms with Crippen LogP contribution in [-0.2, 0) is 10.0 Å². The van der Waals surface area contributed by atoms with Crippen molar-refractivity contribution in [2.24, 2.45) is 0 Å². The van der Waals surface area contributed by atoms with Crippen molar-refractivity contribution in [2.45, 2.75) is 25.7 Å². The largest absolute Gasteiger partial charge is 0.335 e. The number of nitrogens with zero attached hydrogens (tertiary/aromatic N) is 3. The molecule has 0 radical (unpaired) electrons. The third-order valence-corrected chi connectivity index (χ3v) is 7.45. The summed E-state index contributed by atoms with van der Waals surface area (Å²) in [7, 11) is -3.52. The fraction of sp³-hybridized carbons (Fsp3) is 0.412. The number of aryl methyl sites for hydroxylation is 3. The summed E-state index contributed by atoms with van der Waals surface area (Å²) in [5, 5.41) is 0.863. The molecule has 1 aromatic carbocycles. The molecular formula is C17H21N3O3S2. The van der Waals surface area contributed by atoms with E-state index < -0.39 is 10.0 Å². The summed E-state index contributed by atoms with van der Waals surface area (Å²) in [5.74, 6) is -0.0592. The van der Waals surface area contributed by atoms with Crippen molar-refractivity contribution < 1.29 is 13.2 Å². The summed E-state index contributed by atoms with van der Waals surface area (Å²) < 4.78 is 27.1. The molecule has 1 fully saturated rings. The lowest BCUT2D eigenvalue weighted by atomic mass is 10.2. The average molecular weight is 380 g/mol. The van der Waals surface area contributed by atoms with Gasteiger partial charge in [0.05, 0.1) is 15.6 Å². The summed E-state index contributed by atoms with van der Waals surface area (Å²) >= 11 is 1.39. The fourth-order valence-electron chi connectivity index (χ4n) is 2.99. The van der Waals surface area contributed by atoms with Gasteiger partial charge in [0.15, 0.2) is 0 Å². The van der Waals surface area contributed by atoms with E-state index in [9.17, 15) is 13.2 Å². The van der Waals surface area contributed by atoms with Gasteiger partial charge in [-0.2, -0.15) is 4.31 Å². The Kier molecular flexibility index (Phi) is 4.95. The minimum absolute atomic E-state index is 0.0592. The van der Waals surface area contributed by atoms with Crippen molar-refractivity contribution in [3.05, 3.63) is 45.4 Å². The van der Waals surface area contributed by atoms with Crippen molar-refractivity contribution >= 4 is 27.3 Å². The van der Waals surface area contributed by atoms with Gasteiger partial charge in [-0.25, -0.2) is 13.4 Å². The highest BCUT2D eigenvalue weighted by Gasteiger charge is 2.32. The number of piperazine rings is 1. The van der Waals surface area contributed by atoms with Crippen molar-refractivity contribution in [1.29, 1.82) is 0 Å². The van der Waals surface area contributed by atoms with Gasteiger partial charge in [-0.3, -0.25) is 4.79 Å². The van der Waals surface area contributed by atoms with Crippen LogP contribution in [0.15, 0.2) is 29.2 Å². The molecule has 0 saturated carbocycles. The average Bonchev–Trinajstić information content (AvgIpc) is 2.93. The smallest absolute Gasteiger partial charge is 0.265 e. The molecule has 134 valence electrons. The number of hydrogen-bond donors (Lipinski definition) is 0. The highest BCUT2D eigenvalue weighted by molar-refractivity contribution is 7.89. The van der Waals surface area contributed by atoms with E-state index in [-0.39, 0.29) is 5.91 Å². The van der Waals surface area contributed by atoms with Gasteiger partial charge >= 0.3 is 0 Å². The number of rotatable bonds is 3. The molecular weight excluding hydrogens is 358 g/mol. The normalized spacial score (nSPS) is 16.2. The van der Waals surface area contributed by atoms with E-state index in [1.807, 2.05) is 19.9 Å². The van der Waals surface area contributed by atoms with Crippen LogP contribution in [0.1, 0.15) is 25.9 Å². The SMILES string of the molecule is Cc1nc(C)c(C(=O)N2CCN(S(=O)(=O)c3ccccc3C)CC2)s1. The van der Waals surface area contributed by atoms with Gasteiger partial charge in [-0.05, 0) is 32.4 Å². The molecule has 1 aromatic heterocycles. The third-order valence-electron chi connectivity index (χ3n) is 4.34. The lowest BCUT2D eigenvalue weighted by Gasteiger charge is -2.34. The van der Waals surface area contributed by atoms with Crippen molar-refractivity contribution in [1.82, 2.24) is 14.2 Å². The van der Waals surface area contributed by atoms with E-state index in [0.29, 0.717) is 36.0 Å². The van der Waals surface area contributed by atoms with Crippen LogP contribution in [-0.4, -0.2) is 54.7 Å². The first kappa shape index (κ1) is 18.0. The van der Waals surface area contributed by atoms with Crippen LogP contribution in [0.5, 0.6) is 0 Å². The predicted octanol–water partition coefficient (Wildman–Crippen LogP) is 2.22. The second-order valence-electron chi connectivity index (χ2n) is 6.11. The molecule has 0 spiro atoms. The number of carbonyl (C=O) groups is 1. The number of benzene rings is 1. The number of carbonyl (C=O) groups excluding carboxylic acids is 1. The van der Waals surface area contributed by atoms with E-state index in [4.69, 9.17) is 0 Å². The molecule has 0 unspecified atom stereocenters. The van der Waals surface area contributed by atoms with Crippen molar-refractivity contribution in [3.8, 4) is 0 Å². The Balaban J connectivity index is 1.73. The van der Waals surface area contributed by atoms with Gasteiger partial charge in [0, 0.05) is 26.2 Å². The van der Waals surface area contributed by atoms with Crippen LogP contribution in [0.3, 0.4) is 0 Å². The van der Waals surface area contributed by atoms with Crippen LogP contribution in [0, 0.1) is 20.8 Å². The predicted molar refractivity (Wildman–Crippen MR) is 97.4 cm³/mol. The maximum Gasteiger partial charge on any atom is 0.265 e. The molecule has 0 atom stereocenters. The monoisotopic (exact) mass is 379 g/mol. The zero-order valence-electron chi connectivity index (χ0n) is 14.5. The summed E-state index contributed by atoms with van der Waals surface area (Å²) in [6, 6.07) is 6.98. The van der Waals surface area contributed by atoms with E-state index in [1.54, 1.807) is 30.0 Å². The summed E-state index contributed by atoms with van der Waals surface area (Å²) in [5.41, 5.74) is 1.47. The Morgan fingerprint density at radius 2 is 1.72 bits per heavy atom. The van der Waals surface area contributed by atoms with Crippen LogP contribution < -0.4 is 0 Å². The molecule has 0 aliphatic carbocycles. The minimum atomic E-state index is -3.52. The van der Waals surface area contributed by atoms with Gasteiger partial charge in [-0.15, -0.1) is 11.3 Å². The first-order valence-corrected chi connectivity index (χ1v) is 10.4. The molecule has 1 aliphatic rings. The lowest BCUT2D eigenvalue weighted by Crippen LogP contribution is -2.50. The van der Waals surface area contributed by atoms with E-state index in [2.05, 4.69) is 4.98 Å². The first-order valence-electron chi connectivity index (χ1n) is 8.10. The molecule has 2 heterocycles. The van der Waals surface area contributed by atoms with E-state index >= 15 is 0 Å². The van der Waals surface area contributed by atoms with E-state index in [0.717, 1.165) is 16.3 Å². The Bertz CT molecular complexity index is 898. The number of sulfonamides is 1. The highest BCUT2D eigenvalue weighted by atomic mass is 32.2. The third kappa shape index (κ3) is 3.47. The summed E-state index contributed by atoms with van der Waals surface area (Å²) in [4.78, 5) is 19.6. The molecule has 3 rings (SSSR count). The summed E-state index contributed by atoms with van der Waals surface area (Å²) in [6.45, 7) is 6.89. The number of aromatic nitrogens is 1. The number of amides is 1. The quantitative estimate of drug-likeness (QED) is 0.820. The van der Waals surface area contributed by atoms with Gasteiger partial charge in [-0.1, -0.05) is 18.2 Å². The van der Waals surface area contributed by atoms with Crippen LogP contribution in [0.4, 0.5) is 0 Å². The Morgan fingerprint density at radius 3 is 2.28 bits per heavy atom. The Labute approximate surface area is 152 Å². The number of thiazole rings is 1. The minimum Gasteiger partial charge on any atom is -0.335 e. The molecule has 1 aliphatic heterocycles. The molecule has 1 amide bonds. The molecule has 25 heavy (non-hydrogen) atoms. The molecule has 2 aromatic rings. The van der Waals surface area contributed by atoms with Crippen LogP contribution in [0.25, 0.3) is 0 Å². The first-order chi connectivity index (χ1) is 11.8. The van der Waals surface area contributed by atoms with Gasteiger partial charge in [0.1, 0.15) is 4.88 Å². The lowest BCUT2D eigenvalue weighted by molar-refractivity contribution is 0.0702. The molecule has 6 nitrogen and oxygen atoms in total.